The molecule has 1 aliphatic rings. The number of hydrogen-bond acceptors (Lipinski definition) is 4. The van der Waals surface area contributed by atoms with Crippen molar-refractivity contribution in [3.05, 3.63) is 16.6 Å². The van der Waals surface area contributed by atoms with Crippen molar-refractivity contribution in [2.75, 3.05) is 20.1 Å². The summed E-state index contributed by atoms with van der Waals surface area (Å²) in [5.74, 6) is 0.249. The molecule has 0 radical (unpaired) electrons. The molecular weight excluding hydrogens is 305 g/mol. The molecule has 1 atom stereocenters. The van der Waals surface area contributed by atoms with E-state index in [9.17, 15) is 4.79 Å². The molecule has 1 aromatic rings. The molecule has 1 fully saturated rings. The zero-order valence-electron chi connectivity index (χ0n) is 11.0. The van der Waals surface area contributed by atoms with Crippen LogP contribution in [0.4, 0.5) is 0 Å². The van der Waals surface area contributed by atoms with E-state index in [1.165, 1.54) is 6.42 Å². The molecule has 1 aromatic heterocycles. The number of halogens is 2. The number of rotatable bonds is 4. The summed E-state index contributed by atoms with van der Waals surface area (Å²) in [5.41, 5.74) is 0. The highest BCUT2D eigenvalue weighted by atomic mass is 35.5. The predicted octanol–water partition coefficient (Wildman–Crippen LogP) is 2.65. The van der Waals surface area contributed by atoms with Crippen LogP contribution >= 0.6 is 36.2 Å². The lowest BCUT2D eigenvalue weighted by Gasteiger charge is -2.34. The maximum absolute atomic E-state index is 12.1. The number of carbonyl (C=O) groups is 1. The van der Waals surface area contributed by atoms with Gasteiger partial charge in [0.25, 0.3) is 0 Å². The number of nitrogens with one attached hydrogen (secondary N) is 1. The van der Waals surface area contributed by atoms with Crippen LogP contribution in [0.5, 0.6) is 0 Å². The second-order valence-electron chi connectivity index (χ2n) is 4.32. The molecule has 0 saturated carbocycles. The average Bonchev–Trinajstić information content (AvgIpc) is 2.89. The molecule has 4 nitrogen and oxygen atoms in total. The van der Waals surface area contributed by atoms with Crippen molar-refractivity contribution in [1.82, 2.24) is 15.2 Å². The Bertz CT molecular complexity index is 362. The topological polar surface area (TPSA) is 45.2 Å². The minimum Gasteiger partial charge on any atom is -0.333 e. The summed E-state index contributed by atoms with van der Waals surface area (Å²) >= 11 is 1.65. The van der Waals surface area contributed by atoms with E-state index in [1.807, 2.05) is 23.5 Å². The van der Waals surface area contributed by atoms with E-state index in [-0.39, 0.29) is 36.8 Å². The molecule has 110 valence electrons. The van der Waals surface area contributed by atoms with Gasteiger partial charge in [-0.1, -0.05) is 0 Å². The number of nitrogens with zero attached hydrogens (tertiary/aromatic N) is 2. The van der Waals surface area contributed by atoms with Gasteiger partial charge in [0, 0.05) is 31.1 Å². The van der Waals surface area contributed by atoms with Gasteiger partial charge in [-0.05, 0) is 26.3 Å². The van der Waals surface area contributed by atoms with E-state index in [0.717, 1.165) is 30.9 Å². The Morgan fingerprint density at radius 3 is 2.95 bits per heavy atom. The Morgan fingerprint density at radius 1 is 1.53 bits per heavy atom. The van der Waals surface area contributed by atoms with E-state index in [0.29, 0.717) is 6.42 Å². The molecule has 0 spiro atoms. The van der Waals surface area contributed by atoms with Crippen molar-refractivity contribution >= 4 is 42.1 Å². The fourth-order valence-corrected chi connectivity index (χ4v) is 3.05. The summed E-state index contributed by atoms with van der Waals surface area (Å²) in [4.78, 5) is 18.5. The normalized spacial score (nSPS) is 18.4. The van der Waals surface area contributed by atoms with Gasteiger partial charge < -0.3 is 10.2 Å². The first-order valence-corrected chi connectivity index (χ1v) is 7.04. The molecule has 0 aliphatic carbocycles. The molecule has 1 amide bonds. The summed E-state index contributed by atoms with van der Waals surface area (Å²) in [7, 11) is 1.88. The van der Waals surface area contributed by atoms with Crippen LogP contribution in [0.25, 0.3) is 0 Å². The molecule has 1 N–H and O–H groups in total. The molecule has 2 heterocycles. The number of aromatic nitrogens is 1. The fourth-order valence-electron chi connectivity index (χ4n) is 2.26. The molecule has 0 aromatic carbocycles. The van der Waals surface area contributed by atoms with Gasteiger partial charge in [-0.15, -0.1) is 36.2 Å². The highest BCUT2D eigenvalue weighted by Gasteiger charge is 2.28. The van der Waals surface area contributed by atoms with E-state index in [1.54, 1.807) is 11.3 Å². The minimum atomic E-state index is 0. The highest BCUT2D eigenvalue weighted by Crippen LogP contribution is 2.32. The SMILES string of the molecule is CNCCC(=O)N1CCCCC1c1nccs1.Cl.Cl. The smallest absolute Gasteiger partial charge is 0.224 e. The third-order valence-electron chi connectivity index (χ3n) is 3.15. The molecular formula is C12H21Cl2N3OS. The van der Waals surface area contributed by atoms with Crippen molar-refractivity contribution in [2.45, 2.75) is 31.7 Å². The molecule has 2 rings (SSSR count). The Kier molecular flexibility index (Phi) is 9.35. The second kappa shape index (κ2) is 9.53. The van der Waals surface area contributed by atoms with Gasteiger partial charge in [0.05, 0.1) is 6.04 Å². The molecule has 1 saturated heterocycles. The lowest BCUT2D eigenvalue weighted by atomic mass is 10.0. The number of piperidine rings is 1. The molecule has 19 heavy (non-hydrogen) atoms. The van der Waals surface area contributed by atoms with Crippen molar-refractivity contribution in [2.24, 2.45) is 0 Å². The third kappa shape index (κ3) is 4.91. The summed E-state index contributed by atoms with van der Waals surface area (Å²) < 4.78 is 0. The van der Waals surface area contributed by atoms with Crippen molar-refractivity contribution in [3.63, 3.8) is 0 Å². The van der Waals surface area contributed by atoms with Crippen LogP contribution in [0, 0.1) is 0 Å². The average molecular weight is 326 g/mol. The first kappa shape index (κ1) is 18.6. The number of amides is 1. The first-order valence-electron chi connectivity index (χ1n) is 6.16. The summed E-state index contributed by atoms with van der Waals surface area (Å²) in [5, 5.41) is 6.10. The Morgan fingerprint density at radius 2 is 2.32 bits per heavy atom. The van der Waals surface area contributed by atoms with Crippen LogP contribution in [0.2, 0.25) is 0 Å². The standard InChI is InChI=1S/C12H19N3OS.2ClH/c1-13-6-5-11(16)15-8-3-2-4-10(15)12-14-7-9-17-12;;/h7,9-10,13H,2-6,8H2,1H3;2*1H. The van der Waals surface area contributed by atoms with Crippen LogP contribution in [0.1, 0.15) is 36.7 Å². The monoisotopic (exact) mass is 325 g/mol. The number of thiazole rings is 1. The first-order chi connectivity index (χ1) is 8.33. The van der Waals surface area contributed by atoms with Crippen LogP contribution in [0.3, 0.4) is 0 Å². The Labute approximate surface area is 130 Å². The zero-order chi connectivity index (χ0) is 12.1. The lowest BCUT2D eigenvalue weighted by Crippen LogP contribution is -2.39. The number of hydrogen-bond donors (Lipinski definition) is 1. The van der Waals surface area contributed by atoms with Gasteiger partial charge in [0.15, 0.2) is 0 Å². The van der Waals surface area contributed by atoms with Gasteiger partial charge in [0.2, 0.25) is 5.91 Å². The number of likely N-dealkylation sites (tertiary alicyclic amines) is 1. The van der Waals surface area contributed by atoms with Gasteiger partial charge >= 0.3 is 0 Å². The van der Waals surface area contributed by atoms with Crippen molar-refractivity contribution in [3.8, 4) is 0 Å². The molecule has 7 heteroatoms. The van der Waals surface area contributed by atoms with Crippen molar-refractivity contribution in [1.29, 1.82) is 0 Å². The van der Waals surface area contributed by atoms with Crippen LogP contribution in [-0.2, 0) is 4.79 Å². The van der Waals surface area contributed by atoms with Crippen molar-refractivity contribution < 1.29 is 4.79 Å². The summed E-state index contributed by atoms with van der Waals surface area (Å²) in [6, 6.07) is 0.216. The summed E-state index contributed by atoms with van der Waals surface area (Å²) in [6.07, 6.45) is 5.77. The molecule has 1 aliphatic heterocycles. The molecule has 1 unspecified atom stereocenters. The Balaban J connectivity index is 0.00000162. The largest absolute Gasteiger partial charge is 0.333 e. The maximum atomic E-state index is 12.1. The van der Waals surface area contributed by atoms with Gasteiger partial charge in [-0.3, -0.25) is 4.79 Å². The highest BCUT2D eigenvalue weighted by molar-refractivity contribution is 7.09. The number of carbonyl (C=O) groups excluding carboxylic acids is 1. The van der Waals surface area contributed by atoms with Crippen LogP contribution in [0.15, 0.2) is 11.6 Å². The van der Waals surface area contributed by atoms with Crippen LogP contribution < -0.4 is 5.32 Å². The van der Waals surface area contributed by atoms with Gasteiger partial charge in [0.1, 0.15) is 5.01 Å². The van der Waals surface area contributed by atoms with E-state index in [4.69, 9.17) is 0 Å². The van der Waals surface area contributed by atoms with E-state index in [2.05, 4.69) is 10.3 Å². The Hall–Kier alpha value is -0.360. The molecule has 0 bridgehead atoms. The lowest BCUT2D eigenvalue weighted by molar-refractivity contribution is -0.134. The second-order valence-corrected chi connectivity index (χ2v) is 5.25. The predicted molar refractivity (Wildman–Crippen MR) is 83.5 cm³/mol. The summed E-state index contributed by atoms with van der Waals surface area (Å²) in [6.45, 7) is 1.63. The zero-order valence-corrected chi connectivity index (χ0v) is 13.5. The quantitative estimate of drug-likeness (QED) is 0.925. The van der Waals surface area contributed by atoms with Gasteiger partial charge in [-0.2, -0.15) is 0 Å². The third-order valence-corrected chi connectivity index (χ3v) is 4.03. The van der Waals surface area contributed by atoms with E-state index >= 15 is 0 Å². The van der Waals surface area contributed by atoms with E-state index < -0.39 is 0 Å². The van der Waals surface area contributed by atoms with Gasteiger partial charge in [-0.25, -0.2) is 4.98 Å². The fraction of sp³-hybridized carbons (Fsp3) is 0.667. The maximum Gasteiger partial charge on any atom is 0.224 e. The minimum absolute atomic E-state index is 0. The van der Waals surface area contributed by atoms with Crippen LogP contribution in [-0.4, -0.2) is 35.9 Å².